The highest BCUT2D eigenvalue weighted by Gasteiger charge is 2.19. The smallest absolute Gasteiger partial charge is 0.130 e. The zero-order chi connectivity index (χ0) is 13.8. The fraction of sp³-hybridized carbons (Fsp3) is 0.438. The van der Waals surface area contributed by atoms with Crippen molar-refractivity contribution in [3.63, 3.8) is 0 Å². The second-order valence-corrected chi connectivity index (χ2v) is 5.26. The molecule has 3 rings (SSSR count). The number of hydrogen-bond acceptors (Lipinski definition) is 3. The van der Waals surface area contributed by atoms with E-state index in [0.29, 0.717) is 6.61 Å². The van der Waals surface area contributed by atoms with E-state index in [-0.39, 0.29) is 0 Å². The van der Waals surface area contributed by atoms with Gasteiger partial charge in [-0.15, -0.1) is 0 Å². The summed E-state index contributed by atoms with van der Waals surface area (Å²) in [6.45, 7) is 4.54. The Morgan fingerprint density at radius 1 is 1.30 bits per heavy atom. The first-order chi connectivity index (χ1) is 9.85. The number of nitrogens with zero attached hydrogens (tertiary/aromatic N) is 2. The minimum absolute atomic E-state index is 0.563. The SMILES string of the molecule is CCn1cncc1COc1ccc(CNC2CC2)cc1. The van der Waals surface area contributed by atoms with Crippen LogP contribution in [0.25, 0.3) is 0 Å². The standard InChI is InChI=1S/C16H21N3O/c1-2-19-12-17-10-15(19)11-20-16-7-3-13(4-8-16)9-18-14-5-6-14/h3-4,7-8,10,12,14,18H,2,5-6,9,11H2,1H3. The van der Waals surface area contributed by atoms with E-state index in [4.69, 9.17) is 4.74 Å². The molecule has 2 aromatic rings. The largest absolute Gasteiger partial charge is 0.487 e. The number of rotatable bonds is 7. The summed E-state index contributed by atoms with van der Waals surface area (Å²) in [4.78, 5) is 4.14. The molecule has 0 aliphatic heterocycles. The van der Waals surface area contributed by atoms with Gasteiger partial charge in [-0.25, -0.2) is 4.98 Å². The van der Waals surface area contributed by atoms with Crippen molar-refractivity contribution in [2.45, 2.75) is 45.5 Å². The summed E-state index contributed by atoms with van der Waals surface area (Å²) in [5.74, 6) is 0.907. The highest BCUT2D eigenvalue weighted by Crippen LogP contribution is 2.20. The molecule has 0 saturated heterocycles. The van der Waals surface area contributed by atoms with Crippen molar-refractivity contribution < 1.29 is 4.74 Å². The predicted molar refractivity (Wildman–Crippen MR) is 78.5 cm³/mol. The maximum atomic E-state index is 5.80. The van der Waals surface area contributed by atoms with Gasteiger partial charge >= 0.3 is 0 Å². The Bertz CT molecular complexity index is 543. The van der Waals surface area contributed by atoms with E-state index in [1.54, 1.807) is 0 Å². The van der Waals surface area contributed by atoms with Crippen molar-refractivity contribution in [1.82, 2.24) is 14.9 Å². The van der Waals surface area contributed by atoms with E-state index < -0.39 is 0 Å². The van der Waals surface area contributed by atoms with Gasteiger partial charge in [-0.05, 0) is 37.5 Å². The van der Waals surface area contributed by atoms with Crippen LogP contribution in [-0.4, -0.2) is 15.6 Å². The lowest BCUT2D eigenvalue weighted by atomic mass is 10.2. The van der Waals surface area contributed by atoms with E-state index >= 15 is 0 Å². The van der Waals surface area contributed by atoms with Crippen LogP contribution in [0.2, 0.25) is 0 Å². The summed E-state index contributed by atoms with van der Waals surface area (Å²) in [5.41, 5.74) is 2.41. The molecule has 0 radical (unpaired) electrons. The zero-order valence-corrected chi connectivity index (χ0v) is 11.9. The van der Waals surface area contributed by atoms with Crippen molar-refractivity contribution in [2.24, 2.45) is 0 Å². The lowest BCUT2D eigenvalue weighted by Gasteiger charge is -2.09. The van der Waals surface area contributed by atoms with Gasteiger partial charge in [0, 0.05) is 19.1 Å². The second kappa shape index (κ2) is 6.09. The summed E-state index contributed by atoms with van der Waals surface area (Å²) in [6, 6.07) is 9.08. The molecule has 0 atom stereocenters. The lowest BCUT2D eigenvalue weighted by molar-refractivity contribution is 0.295. The average molecular weight is 271 g/mol. The molecule has 1 fully saturated rings. The van der Waals surface area contributed by atoms with Crippen molar-refractivity contribution in [1.29, 1.82) is 0 Å². The fourth-order valence-electron chi connectivity index (χ4n) is 2.16. The van der Waals surface area contributed by atoms with Crippen LogP contribution in [0.15, 0.2) is 36.8 Å². The maximum Gasteiger partial charge on any atom is 0.130 e. The van der Waals surface area contributed by atoms with Crippen LogP contribution < -0.4 is 10.1 Å². The minimum atomic E-state index is 0.563. The van der Waals surface area contributed by atoms with E-state index in [0.717, 1.165) is 30.6 Å². The maximum absolute atomic E-state index is 5.80. The van der Waals surface area contributed by atoms with Crippen LogP contribution in [0, 0.1) is 0 Å². The topological polar surface area (TPSA) is 39.1 Å². The molecule has 106 valence electrons. The number of aryl methyl sites for hydroxylation is 1. The van der Waals surface area contributed by atoms with Crippen LogP contribution in [0.4, 0.5) is 0 Å². The van der Waals surface area contributed by atoms with E-state index in [1.165, 1.54) is 18.4 Å². The number of imidazole rings is 1. The summed E-state index contributed by atoms with van der Waals surface area (Å²) < 4.78 is 7.90. The molecule has 1 heterocycles. The molecule has 0 unspecified atom stereocenters. The monoisotopic (exact) mass is 271 g/mol. The van der Waals surface area contributed by atoms with Gasteiger partial charge in [-0.3, -0.25) is 0 Å². The van der Waals surface area contributed by atoms with Crippen molar-refractivity contribution in [2.75, 3.05) is 0 Å². The predicted octanol–water partition coefficient (Wildman–Crippen LogP) is 2.73. The van der Waals surface area contributed by atoms with Gasteiger partial charge in [-0.1, -0.05) is 12.1 Å². The quantitative estimate of drug-likeness (QED) is 0.841. The Kier molecular flexibility index (Phi) is 4.02. The van der Waals surface area contributed by atoms with Gasteiger partial charge in [0.1, 0.15) is 12.4 Å². The third kappa shape index (κ3) is 3.39. The van der Waals surface area contributed by atoms with Gasteiger partial charge in [0.05, 0.1) is 18.2 Å². The summed E-state index contributed by atoms with van der Waals surface area (Å²) in [6.07, 6.45) is 6.35. The molecule has 1 saturated carbocycles. The molecule has 0 bridgehead atoms. The molecule has 1 N–H and O–H groups in total. The van der Waals surface area contributed by atoms with Gasteiger partial charge in [0.15, 0.2) is 0 Å². The molecule has 4 nitrogen and oxygen atoms in total. The van der Waals surface area contributed by atoms with Crippen molar-refractivity contribution in [3.05, 3.63) is 48.0 Å². The van der Waals surface area contributed by atoms with E-state index in [2.05, 4.69) is 33.9 Å². The highest BCUT2D eigenvalue weighted by molar-refractivity contribution is 5.27. The summed E-state index contributed by atoms with van der Waals surface area (Å²) >= 11 is 0. The molecule has 4 heteroatoms. The van der Waals surface area contributed by atoms with Crippen LogP contribution in [0.1, 0.15) is 31.0 Å². The lowest BCUT2D eigenvalue weighted by Crippen LogP contribution is -2.15. The third-order valence-corrected chi connectivity index (χ3v) is 3.62. The number of aromatic nitrogens is 2. The van der Waals surface area contributed by atoms with Crippen molar-refractivity contribution >= 4 is 0 Å². The third-order valence-electron chi connectivity index (χ3n) is 3.62. The molecule has 0 spiro atoms. The first-order valence-electron chi connectivity index (χ1n) is 7.29. The van der Waals surface area contributed by atoms with Crippen LogP contribution in [0.3, 0.4) is 0 Å². The first-order valence-corrected chi connectivity index (χ1v) is 7.29. The molecule has 1 aromatic heterocycles. The minimum Gasteiger partial charge on any atom is -0.487 e. The Labute approximate surface area is 119 Å². The highest BCUT2D eigenvalue weighted by atomic mass is 16.5. The normalized spacial score (nSPS) is 14.4. The zero-order valence-electron chi connectivity index (χ0n) is 11.9. The fourth-order valence-corrected chi connectivity index (χ4v) is 2.16. The second-order valence-electron chi connectivity index (χ2n) is 5.26. The number of benzene rings is 1. The molecule has 1 aliphatic rings. The van der Waals surface area contributed by atoms with Gasteiger partial charge in [0.25, 0.3) is 0 Å². The molecule has 1 aromatic carbocycles. The summed E-state index contributed by atoms with van der Waals surface area (Å²) in [5, 5.41) is 3.51. The van der Waals surface area contributed by atoms with Crippen LogP contribution >= 0.6 is 0 Å². The number of hydrogen-bond donors (Lipinski definition) is 1. The molecule has 0 amide bonds. The number of nitrogens with one attached hydrogen (secondary N) is 1. The average Bonchev–Trinajstić information content (AvgIpc) is 3.21. The van der Waals surface area contributed by atoms with Gasteiger partial charge < -0.3 is 14.6 Å². The Morgan fingerprint density at radius 2 is 2.10 bits per heavy atom. The molecule has 20 heavy (non-hydrogen) atoms. The van der Waals surface area contributed by atoms with Gasteiger partial charge in [0.2, 0.25) is 0 Å². The Morgan fingerprint density at radius 3 is 2.80 bits per heavy atom. The van der Waals surface area contributed by atoms with Crippen LogP contribution in [0.5, 0.6) is 5.75 Å². The van der Waals surface area contributed by atoms with Crippen molar-refractivity contribution in [3.8, 4) is 5.75 Å². The first kappa shape index (κ1) is 13.2. The van der Waals surface area contributed by atoms with E-state index in [9.17, 15) is 0 Å². The number of ether oxygens (including phenoxy) is 1. The molecular formula is C16H21N3O. The summed E-state index contributed by atoms with van der Waals surface area (Å²) in [7, 11) is 0. The molecular weight excluding hydrogens is 250 g/mol. The Hall–Kier alpha value is -1.81. The molecule has 1 aliphatic carbocycles. The van der Waals surface area contributed by atoms with Gasteiger partial charge in [-0.2, -0.15) is 0 Å². The Balaban J connectivity index is 1.52. The van der Waals surface area contributed by atoms with Crippen LogP contribution in [-0.2, 0) is 19.7 Å². The van der Waals surface area contributed by atoms with E-state index in [1.807, 2.05) is 24.7 Å².